The Bertz CT molecular complexity index is 573. The third-order valence-corrected chi connectivity index (χ3v) is 3.41. The summed E-state index contributed by atoms with van der Waals surface area (Å²) in [6, 6.07) is 9.71. The van der Waals surface area contributed by atoms with E-state index in [1.54, 1.807) is 30.3 Å². The standard InChI is InChI=1S/C13H9Br2FO2/c14-9-2-4-13(11(16)6-9)18-12-3-1-8(7-17)5-10(12)15/h1-6,17H,7H2. The fraction of sp³-hybridized carbons (Fsp3) is 0.0769. The molecule has 2 aromatic rings. The summed E-state index contributed by atoms with van der Waals surface area (Å²) in [7, 11) is 0. The van der Waals surface area contributed by atoms with E-state index in [1.807, 2.05) is 0 Å². The first-order valence-corrected chi connectivity index (χ1v) is 6.71. The van der Waals surface area contributed by atoms with Gasteiger partial charge in [-0.2, -0.15) is 0 Å². The van der Waals surface area contributed by atoms with Crippen molar-refractivity contribution in [2.75, 3.05) is 0 Å². The van der Waals surface area contributed by atoms with Crippen LogP contribution < -0.4 is 4.74 Å². The third-order valence-electron chi connectivity index (χ3n) is 2.29. The van der Waals surface area contributed by atoms with Crippen LogP contribution in [0.2, 0.25) is 0 Å². The molecule has 0 aliphatic heterocycles. The molecule has 94 valence electrons. The van der Waals surface area contributed by atoms with Crippen LogP contribution in [0, 0.1) is 5.82 Å². The van der Waals surface area contributed by atoms with E-state index in [-0.39, 0.29) is 12.4 Å². The zero-order valence-electron chi connectivity index (χ0n) is 9.16. The zero-order valence-corrected chi connectivity index (χ0v) is 12.3. The molecule has 0 atom stereocenters. The average Bonchev–Trinajstić information content (AvgIpc) is 2.34. The van der Waals surface area contributed by atoms with Gasteiger partial charge in [-0.15, -0.1) is 0 Å². The van der Waals surface area contributed by atoms with Gasteiger partial charge < -0.3 is 9.84 Å². The van der Waals surface area contributed by atoms with Crippen molar-refractivity contribution in [1.29, 1.82) is 0 Å². The van der Waals surface area contributed by atoms with Crippen molar-refractivity contribution in [3.8, 4) is 11.5 Å². The number of benzene rings is 2. The lowest BCUT2D eigenvalue weighted by Crippen LogP contribution is -1.91. The minimum Gasteiger partial charge on any atom is -0.453 e. The van der Waals surface area contributed by atoms with E-state index in [2.05, 4.69) is 31.9 Å². The Labute approximate surface area is 121 Å². The van der Waals surface area contributed by atoms with Gasteiger partial charge in [0.25, 0.3) is 0 Å². The molecular weight excluding hydrogens is 367 g/mol. The third kappa shape index (κ3) is 3.10. The van der Waals surface area contributed by atoms with E-state index >= 15 is 0 Å². The van der Waals surface area contributed by atoms with Crippen molar-refractivity contribution in [2.45, 2.75) is 6.61 Å². The van der Waals surface area contributed by atoms with Gasteiger partial charge in [0.15, 0.2) is 11.6 Å². The van der Waals surface area contributed by atoms with E-state index in [4.69, 9.17) is 9.84 Å². The molecule has 1 N–H and O–H groups in total. The van der Waals surface area contributed by atoms with Crippen molar-refractivity contribution >= 4 is 31.9 Å². The van der Waals surface area contributed by atoms with Crippen LogP contribution >= 0.6 is 31.9 Å². The summed E-state index contributed by atoms with van der Waals surface area (Å²) in [5, 5.41) is 8.99. The first kappa shape index (κ1) is 13.5. The Balaban J connectivity index is 2.28. The van der Waals surface area contributed by atoms with E-state index in [0.29, 0.717) is 14.7 Å². The molecule has 0 unspecified atom stereocenters. The van der Waals surface area contributed by atoms with Gasteiger partial charge in [0.1, 0.15) is 5.75 Å². The van der Waals surface area contributed by atoms with Crippen LogP contribution in [0.1, 0.15) is 5.56 Å². The Morgan fingerprint density at radius 3 is 2.39 bits per heavy atom. The van der Waals surface area contributed by atoms with Gasteiger partial charge in [-0.3, -0.25) is 0 Å². The number of aliphatic hydroxyl groups is 1. The number of ether oxygens (including phenoxy) is 1. The number of halogens is 3. The molecule has 0 radical (unpaired) electrons. The maximum atomic E-state index is 13.6. The number of rotatable bonds is 3. The van der Waals surface area contributed by atoms with Crippen molar-refractivity contribution in [3.63, 3.8) is 0 Å². The quantitative estimate of drug-likeness (QED) is 0.847. The summed E-state index contributed by atoms with van der Waals surface area (Å²) in [5.74, 6) is 0.201. The summed E-state index contributed by atoms with van der Waals surface area (Å²) < 4.78 is 20.4. The molecule has 0 spiro atoms. The monoisotopic (exact) mass is 374 g/mol. The van der Waals surface area contributed by atoms with Gasteiger partial charge in [0.05, 0.1) is 11.1 Å². The van der Waals surface area contributed by atoms with Crippen LogP contribution in [-0.4, -0.2) is 5.11 Å². The van der Waals surface area contributed by atoms with Gasteiger partial charge in [-0.05, 0) is 51.8 Å². The van der Waals surface area contributed by atoms with Gasteiger partial charge in [0, 0.05) is 4.47 Å². The number of hydrogen-bond acceptors (Lipinski definition) is 2. The van der Waals surface area contributed by atoms with Gasteiger partial charge in [-0.25, -0.2) is 4.39 Å². The molecule has 5 heteroatoms. The molecule has 0 saturated carbocycles. The topological polar surface area (TPSA) is 29.5 Å². The SMILES string of the molecule is OCc1ccc(Oc2ccc(Br)cc2F)c(Br)c1. The van der Waals surface area contributed by atoms with Crippen molar-refractivity contribution in [1.82, 2.24) is 0 Å². The second kappa shape index (κ2) is 5.82. The lowest BCUT2D eigenvalue weighted by atomic mass is 10.2. The molecular formula is C13H9Br2FO2. The minimum absolute atomic E-state index is 0.0501. The summed E-state index contributed by atoms with van der Waals surface area (Å²) in [6.07, 6.45) is 0. The highest BCUT2D eigenvalue weighted by molar-refractivity contribution is 9.10. The van der Waals surface area contributed by atoms with E-state index < -0.39 is 5.82 Å². The Morgan fingerprint density at radius 1 is 1.06 bits per heavy atom. The molecule has 0 fully saturated rings. The van der Waals surface area contributed by atoms with Crippen LogP contribution in [0.4, 0.5) is 4.39 Å². The summed E-state index contributed by atoms with van der Waals surface area (Å²) >= 11 is 6.50. The lowest BCUT2D eigenvalue weighted by Gasteiger charge is -2.09. The summed E-state index contributed by atoms with van der Waals surface area (Å²) in [5.41, 5.74) is 0.755. The Hall–Kier alpha value is -0.910. The molecule has 0 heterocycles. The fourth-order valence-corrected chi connectivity index (χ4v) is 2.24. The van der Waals surface area contributed by atoms with Gasteiger partial charge in [-0.1, -0.05) is 22.0 Å². The molecule has 0 amide bonds. The zero-order chi connectivity index (χ0) is 13.1. The normalized spacial score (nSPS) is 10.4. The highest BCUT2D eigenvalue weighted by atomic mass is 79.9. The molecule has 18 heavy (non-hydrogen) atoms. The molecule has 0 aromatic heterocycles. The van der Waals surface area contributed by atoms with Crippen molar-refractivity contribution < 1.29 is 14.2 Å². The molecule has 2 nitrogen and oxygen atoms in total. The smallest absolute Gasteiger partial charge is 0.166 e. The van der Waals surface area contributed by atoms with Crippen molar-refractivity contribution in [2.24, 2.45) is 0 Å². The first-order chi connectivity index (χ1) is 8.60. The first-order valence-electron chi connectivity index (χ1n) is 5.12. The predicted molar refractivity (Wildman–Crippen MR) is 74.2 cm³/mol. The fourth-order valence-electron chi connectivity index (χ4n) is 1.40. The van der Waals surface area contributed by atoms with Crippen LogP contribution in [0.3, 0.4) is 0 Å². The number of aliphatic hydroxyl groups excluding tert-OH is 1. The number of hydrogen-bond donors (Lipinski definition) is 1. The van der Waals surface area contributed by atoms with Crippen LogP contribution in [0.25, 0.3) is 0 Å². The largest absolute Gasteiger partial charge is 0.453 e. The molecule has 2 rings (SSSR count). The minimum atomic E-state index is -0.442. The predicted octanol–water partition coefficient (Wildman–Crippen LogP) is 4.64. The second-order valence-electron chi connectivity index (χ2n) is 3.60. The van der Waals surface area contributed by atoms with Crippen LogP contribution in [-0.2, 0) is 6.61 Å². The summed E-state index contributed by atoms with van der Waals surface area (Å²) in [4.78, 5) is 0. The maximum Gasteiger partial charge on any atom is 0.166 e. The van der Waals surface area contributed by atoms with E-state index in [0.717, 1.165) is 5.56 Å². The van der Waals surface area contributed by atoms with Crippen LogP contribution in [0.15, 0.2) is 45.3 Å². The van der Waals surface area contributed by atoms with E-state index in [9.17, 15) is 4.39 Å². The van der Waals surface area contributed by atoms with Gasteiger partial charge in [0.2, 0.25) is 0 Å². The molecule has 0 bridgehead atoms. The molecule has 0 saturated heterocycles. The summed E-state index contributed by atoms with van der Waals surface area (Å²) in [6.45, 7) is -0.0501. The molecule has 0 aliphatic carbocycles. The maximum absolute atomic E-state index is 13.6. The lowest BCUT2D eigenvalue weighted by molar-refractivity contribution is 0.281. The van der Waals surface area contributed by atoms with Crippen molar-refractivity contribution in [3.05, 3.63) is 56.7 Å². The molecule has 2 aromatic carbocycles. The average molecular weight is 376 g/mol. The van der Waals surface area contributed by atoms with Crippen LogP contribution in [0.5, 0.6) is 11.5 Å². The van der Waals surface area contributed by atoms with Gasteiger partial charge >= 0.3 is 0 Å². The second-order valence-corrected chi connectivity index (χ2v) is 5.37. The highest BCUT2D eigenvalue weighted by Crippen LogP contribution is 2.32. The highest BCUT2D eigenvalue weighted by Gasteiger charge is 2.08. The Morgan fingerprint density at radius 2 is 1.78 bits per heavy atom. The molecule has 0 aliphatic rings. The van der Waals surface area contributed by atoms with E-state index in [1.165, 1.54) is 6.07 Å². The Kier molecular flexibility index (Phi) is 4.37.